The van der Waals surface area contributed by atoms with Crippen molar-refractivity contribution in [2.24, 2.45) is 7.05 Å². The van der Waals surface area contributed by atoms with E-state index in [1.807, 2.05) is 58.2 Å². The number of carbonyl (C=O) groups excluding carboxylic acids is 1. The van der Waals surface area contributed by atoms with Gasteiger partial charge in [-0.25, -0.2) is 4.98 Å². The molecule has 1 N–H and O–H groups in total. The van der Waals surface area contributed by atoms with Gasteiger partial charge >= 0.3 is 0 Å². The lowest BCUT2D eigenvalue weighted by Gasteiger charge is -2.16. The molecule has 0 saturated heterocycles. The predicted octanol–water partition coefficient (Wildman–Crippen LogP) is 3.30. The molecule has 130 valence electrons. The van der Waals surface area contributed by atoms with Gasteiger partial charge in [0.25, 0.3) is 5.91 Å². The van der Waals surface area contributed by atoms with E-state index in [-0.39, 0.29) is 17.9 Å². The highest BCUT2D eigenvalue weighted by Crippen LogP contribution is 2.24. The molecule has 6 nitrogen and oxygen atoms in total. The SMILES string of the molecule is Cn1cc(C(=O)NCc2ncc(-c3ccccc3)o2)c(C(C)(C)C)n1. The van der Waals surface area contributed by atoms with E-state index in [2.05, 4.69) is 15.4 Å². The van der Waals surface area contributed by atoms with Gasteiger partial charge in [0.1, 0.15) is 0 Å². The third-order valence-corrected chi connectivity index (χ3v) is 3.80. The molecule has 0 aliphatic heterocycles. The summed E-state index contributed by atoms with van der Waals surface area (Å²) in [4.78, 5) is 16.8. The van der Waals surface area contributed by atoms with Gasteiger partial charge in [-0.1, -0.05) is 51.1 Å². The Labute approximate surface area is 146 Å². The maximum absolute atomic E-state index is 12.5. The first-order valence-corrected chi connectivity index (χ1v) is 8.17. The first-order valence-electron chi connectivity index (χ1n) is 8.17. The van der Waals surface area contributed by atoms with Crippen molar-refractivity contribution < 1.29 is 9.21 Å². The fourth-order valence-corrected chi connectivity index (χ4v) is 2.59. The summed E-state index contributed by atoms with van der Waals surface area (Å²) in [5.74, 6) is 0.965. The Balaban J connectivity index is 1.71. The second kappa shape index (κ2) is 6.55. The first-order chi connectivity index (χ1) is 11.8. The van der Waals surface area contributed by atoms with Crippen molar-refractivity contribution in [2.75, 3.05) is 0 Å². The Bertz CT molecular complexity index is 872. The van der Waals surface area contributed by atoms with E-state index in [9.17, 15) is 4.79 Å². The van der Waals surface area contributed by atoms with Gasteiger partial charge in [0.2, 0.25) is 5.89 Å². The van der Waals surface area contributed by atoms with Crippen LogP contribution in [0.25, 0.3) is 11.3 Å². The molecule has 25 heavy (non-hydrogen) atoms. The summed E-state index contributed by atoms with van der Waals surface area (Å²) >= 11 is 0. The van der Waals surface area contributed by atoms with Crippen molar-refractivity contribution in [3.8, 4) is 11.3 Å². The zero-order chi connectivity index (χ0) is 18.0. The Morgan fingerprint density at radius 1 is 1.24 bits per heavy atom. The van der Waals surface area contributed by atoms with E-state index in [0.29, 0.717) is 17.2 Å². The normalized spacial score (nSPS) is 11.5. The summed E-state index contributed by atoms with van der Waals surface area (Å²) in [5, 5.41) is 7.28. The molecule has 3 rings (SSSR count). The fraction of sp³-hybridized carbons (Fsp3) is 0.316. The van der Waals surface area contributed by atoms with Crippen LogP contribution >= 0.6 is 0 Å². The number of aryl methyl sites for hydroxylation is 1. The zero-order valence-corrected chi connectivity index (χ0v) is 14.9. The summed E-state index contributed by atoms with van der Waals surface area (Å²) in [6.07, 6.45) is 3.41. The topological polar surface area (TPSA) is 73.0 Å². The van der Waals surface area contributed by atoms with Crippen LogP contribution in [0.1, 0.15) is 42.7 Å². The highest BCUT2D eigenvalue weighted by atomic mass is 16.4. The van der Waals surface area contributed by atoms with Gasteiger partial charge in [0.15, 0.2) is 5.76 Å². The van der Waals surface area contributed by atoms with E-state index < -0.39 is 0 Å². The van der Waals surface area contributed by atoms with Gasteiger partial charge in [-0.15, -0.1) is 0 Å². The summed E-state index contributed by atoms with van der Waals surface area (Å²) in [6.45, 7) is 6.33. The molecule has 0 fully saturated rings. The van der Waals surface area contributed by atoms with Crippen LogP contribution in [0.4, 0.5) is 0 Å². The maximum atomic E-state index is 12.5. The van der Waals surface area contributed by atoms with Crippen molar-refractivity contribution >= 4 is 5.91 Å². The summed E-state index contributed by atoms with van der Waals surface area (Å²) in [7, 11) is 1.81. The molecule has 0 aliphatic carbocycles. The maximum Gasteiger partial charge on any atom is 0.255 e. The van der Waals surface area contributed by atoms with Gasteiger partial charge in [-0.3, -0.25) is 9.48 Å². The number of carbonyl (C=O) groups is 1. The number of hydrogen-bond donors (Lipinski definition) is 1. The smallest absolute Gasteiger partial charge is 0.255 e. The minimum Gasteiger partial charge on any atom is -0.439 e. The van der Waals surface area contributed by atoms with E-state index in [1.54, 1.807) is 17.1 Å². The van der Waals surface area contributed by atoms with Crippen LogP contribution in [0.15, 0.2) is 47.1 Å². The predicted molar refractivity (Wildman–Crippen MR) is 95.0 cm³/mol. The van der Waals surface area contributed by atoms with Crippen LogP contribution in [0.2, 0.25) is 0 Å². The molecule has 0 spiro atoms. The van der Waals surface area contributed by atoms with Gasteiger partial charge in [-0.2, -0.15) is 5.10 Å². The fourth-order valence-electron chi connectivity index (χ4n) is 2.59. The quantitative estimate of drug-likeness (QED) is 0.792. The number of rotatable bonds is 4. The average Bonchev–Trinajstić information content (AvgIpc) is 3.20. The molecule has 1 amide bonds. The third-order valence-electron chi connectivity index (χ3n) is 3.80. The van der Waals surface area contributed by atoms with E-state index in [0.717, 1.165) is 11.3 Å². The number of benzene rings is 1. The Kier molecular flexibility index (Phi) is 4.44. The number of hydrogen-bond acceptors (Lipinski definition) is 4. The molecule has 6 heteroatoms. The Hall–Kier alpha value is -2.89. The largest absolute Gasteiger partial charge is 0.439 e. The van der Waals surface area contributed by atoms with Crippen molar-refractivity contribution in [2.45, 2.75) is 32.7 Å². The summed E-state index contributed by atoms with van der Waals surface area (Å²) in [5.41, 5.74) is 2.08. The number of amides is 1. The van der Waals surface area contributed by atoms with Gasteiger partial charge in [-0.05, 0) is 0 Å². The van der Waals surface area contributed by atoms with Crippen LogP contribution < -0.4 is 5.32 Å². The van der Waals surface area contributed by atoms with E-state index in [4.69, 9.17) is 4.42 Å². The Morgan fingerprint density at radius 3 is 2.64 bits per heavy atom. The van der Waals surface area contributed by atoms with Crippen LogP contribution in [-0.4, -0.2) is 20.7 Å². The minimum atomic E-state index is -0.211. The standard InChI is InChI=1S/C19H22N4O2/c1-19(2,3)17-14(12-23(4)22-17)18(24)21-11-16-20-10-15(25-16)13-8-6-5-7-9-13/h5-10,12H,11H2,1-4H3,(H,21,24). The van der Waals surface area contributed by atoms with Crippen molar-refractivity contribution in [3.05, 3.63) is 59.9 Å². The summed E-state index contributed by atoms with van der Waals surface area (Å²) < 4.78 is 7.37. The van der Waals surface area contributed by atoms with Crippen LogP contribution in [0, 0.1) is 0 Å². The molecular formula is C19H22N4O2. The first kappa shape index (κ1) is 17.0. The van der Waals surface area contributed by atoms with Gasteiger partial charge < -0.3 is 9.73 Å². The second-order valence-electron chi connectivity index (χ2n) is 6.98. The number of oxazole rings is 1. The molecule has 1 aromatic carbocycles. The van der Waals surface area contributed by atoms with Crippen molar-refractivity contribution in [1.82, 2.24) is 20.1 Å². The lowest BCUT2D eigenvalue weighted by atomic mass is 9.89. The monoisotopic (exact) mass is 338 g/mol. The van der Waals surface area contributed by atoms with E-state index in [1.165, 1.54) is 0 Å². The molecular weight excluding hydrogens is 316 g/mol. The average molecular weight is 338 g/mol. The Morgan fingerprint density at radius 2 is 1.96 bits per heavy atom. The van der Waals surface area contributed by atoms with Crippen LogP contribution in [0.5, 0.6) is 0 Å². The zero-order valence-electron chi connectivity index (χ0n) is 14.9. The van der Waals surface area contributed by atoms with Gasteiger partial charge in [0, 0.05) is 24.2 Å². The molecule has 0 bridgehead atoms. The molecule has 2 heterocycles. The van der Waals surface area contributed by atoms with Crippen LogP contribution in [-0.2, 0) is 19.0 Å². The second-order valence-corrected chi connectivity index (χ2v) is 6.98. The third kappa shape index (κ3) is 3.79. The molecule has 0 aliphatic rings. The minimum absolute atomic E-state index is 0.183. The van der Waals surface area contributed by atoms with Crippen molar-refractivity contribution in [3.63, 3.8) is 0 Å². The number of nitrogens with one attached hydrogen (secondary N) is 1. The molecule has 0 atom stereocenters. The lowest BCUT2D eigenvalue weighted by Crippen LogP contribution is -2.26. The van der Waals surface area contributed by atoms with Crippen LogP contribution in [0.3, 0.4) is 0 Å². The molecule has 0 saturated carbocycles. The molecule has 3 aromatic rings. The van der Waals surface area contributed by atoms with Crippen molar-refractivity contribution in [1.29, 1.82) is 0 Å². The molecule has 2 aromatic heterocycles. The molecule has 0 radical (unpaired) electrons. The number of aromatic nitrogens is 3. The molecule has 0 unspecified atom stereocenters. The number of nitrogens with zero attached hydrogens (tertiary/aromatic N) is 3. The highest BCUT2D eigenvalue weighted by Gasteiger charge is 2.25. The lowest BCUT2D eigenvalue weighted by molar-refractivity contribution is 0.0945. The van der Waals surface area contributed by atoms with E-state index >= 15 is 0 Å². The highest BCUT2D eigenvalue weighted by molar-refractivity contribution is 5.95. The van der Waals surface area contributed by atoms with Gasteiger partial charge in [0.05, 0.1) is 24.0 Å². The summed E-state index contributed by atoms with van der Waals surface area (Å²) in [6, 6.07) is 9.73.